The average molecular weight is 413 g/mol. The molecule has 26 heavy (non-hydrogen) atoms. The minimum Gasteiger partial charge on any atom is -0.308 e. The summed E-state index contributed by atoms with van der Waals surface area (Å²) in [6.07, 6.45) is 3.46. The number of nitrogens with zero attached hydrogens (tertiary/aromatic N) is 4. The predicted molar refractivity (Wildman–Crippen MR) is 103 cm³/mol. The molecule has 2 heterocycles. The van der Waals surface area contributed by atoms with E-state index >= 15 is 0 Å². The second-order valence-electron chi connectivity index (χ2n) is 5.75. The Hall–Kier alpha value is -2.02. The van der Waals surface area contributed by atoms with Crippen molar-refractivity contribution in [2.75, 3.05) is 5.32 Å². The molecule has 6 nitrogen and oxygen atoms in total. The van der Waals surface area contributed by atoms with Crippen molar-refractivity contribution in [3.63, 3.8) is 0 Å². The first-order valence-electron chi connectivity index (χ1n) is 7.87. The molecule has 1 amide bonds. The Morgan fingerprint density at radius 1 is 1.15 bits per heavy atom. The Morgan fingerprint density at radius 2 is 1.88 bits per heavy atom. The topological polar surface area (TPSA) is 64.7 Å². The maximum atomic E-state index is 12.2. The second-order valence-corrected chi connectivity index (χ2v) is 7.00. The monoisotopic (exact) mass is 411 g/mol. The normalized spacial score (nSPS) is 10.9. The van der Waals surface area contributed by atoms with Crippen LogP contribution < -0.4 is 5.32 Å². The van der Waals surface area contributed by atoms with Crippen LogP contribution in [-0.2, 0) is 17.9 Å². The number of amides is 1. The number of hydrogen-bond donors (Lipinski definition) is 1. The quantitative estimate of drug-likeness (QED) is 0.651. The van der Waals surface area contributed by atoms with Gasteiger partial charge in [0.15, 0.2) is 5.82 Å². The number of carbonyl (C=O) groups is 1. The highest BCUT2D eigenvalue weighted by atomic mass is 35.5. The van der Waals surface area contributed by atoms with Crippen LogP contribution in [0.1, 0.15) is 17.7 Å². The molecule has 0 spiro atoms. The molecule has 0 atom stereocenters. The Labute approximate surface area is 165 Å². The summed E-state index contributed by atoms with van der Waals surface area (Å²) in [5.41, 5.74) is 1.85. The first-order chi connectivity index (χ1) is 12.4. The lowest BCUT2D eigenvalue weighted by Crippen LogP contribution is -2.16. The van der Waals surface area contributed by atoms with E-state index in [2.05, 4.69) is 15.5 Å². The summed E-state index contributed by atoms with van der Waals surface area (Å²) in [5, 5.41) is 12.8. The van der Waals surface area contributed by atoms with E-state index in [0.717, 1.165) is 11.3 Å². The van der Waals surface area contributed by atoms with Gasteiger partial charge in [-0.25, -0.2) is 0 Å². The van der Waals surface area contributed by atoms with E-state index in [4.69, 9.17) is 34.8 Å². The van der Waals surface area contributed by atoms with Crippen LogP contribution in [0, 0.1) is 6.92 Å². The van der Waals surface area contributed by atoms with E-state index in [1.54, 1.807) is 21.8 Å². The van der Waals surface area contributed by atoms with Crippen molar-refractivity contribution in [2.24, 2.45) is 0 Å². The molecule has 9 heteroatoms. The highest BCUT2D eigenvalue weighted by Crippen LogP contribution is 2.21. The molecule has 0 aliphatic carbocycles. The highest BCUT2D eigenvalue weighted by Gasteiger charge is 2.12. The molecule has 1 N–H and O–H groups in total. The van der Waals surface area contributed by atoms with Crippen LogP contribution in [-0.4, -0.2) is 25.5 Å². The van der Waals surface area contributed by atoms with Crippen molar-refractivity contribution in [1.29, 1.82) is 0 Å². The molecule has 0 saturated heterocycles. The van der Waals surface area contributed by atoms with Crippen LogP contribution in [0.15, 0.2) is 36.7 Å². The van der Waals surface area contributed by atoms with Gasteiger partial charge in [0.05, 0.1) is 30.0 Å². The zero-order chi connectivity index (χ0) is 18.7. The smallest absolute Gasteiger partial charge is 0.227 e. The number of halogens is 3. The Kier molecular flexibility index (Phi) is 5.86. The number of hydrogen-bond acceptors (Lipinski definition) is 3. The third kappa shape index (κ3) is 4.58. The summed E-state index contributed by atoms with van der Waals surface area (Å²) in [4.78, 5) is 12.2. The van der Waals surface area contributed by atoms with Gasteiger partial charge in [-0.15, -0.1) is 0 Å². The van der Waals surface area contributed by atoms with E-state index in [1.807, 2.05) is 31.2 Å². The molecule has 136 valence electrons. The molecule has 3 aromatic rings. The van der Waals surface area contributed by atoms with E-state index < -0.39 is 0 Å². The summed E-state index contributed by atoms with van der Waals surface area (Å²) < 4.78 is 3.35. The van der Waals surface area contributed by atoms with Crippen LogP contribution >= 0.6 is 34.8 Å². The first kappa shape index (κ1) is 18.8. The van der Waals surface area contributed by atoms with Gasteiger partial charge in [-0.1, -0.05) is 46.9 Å². The molecule has 1 aromatic carbocycles. The number of anilines is 1. The van der Waals surface area contributed by atoms with Crippen LogP contribution in [0.3, 0.4) is 0 Å². The summed E-state index contributed by atoms with van der Waals surface area (Å²) in [6, 6.07) is 7.45. The van der Waals surface area contributed by atoms with Crippen molar-refractivity contribution in [3.05, 3.63) is 63.0 Å². The molecule has 0 bridgehead atoms. The average Bonchev–Trinajstić information content (AvgIpc) is 3.11. The molecule has 0 fully saturated rings. The van der Waals surface area contributed by atoms with Gasteiger partial charge in [0.25, 0.3) is 0 Å². The second kappa shape index (κ2) is 8.12. The Bertz CT molecular complexity index is 917. The van der Waals surface area contributed by atoms with Gasteiger partial charge in [0.1, 0.15) is 5.02 Å². The molecule has 0 saturated carbocycles. The first-order valence-corrected chi connectivity index (χ1v) is 9.01. The third-order valence-corrected chi connectivity index (χ3v) is 4.73. The minimum atomic E-state index is -0.199. The Morgan fingerprint density at radius 3 is 2.54 bits per heavy atom. The number of rotatable bonds is 6. The zero-order valence-corrected chi connectivity index (χ0v) is 16.2. The summed E-state index contributed by atoms with van der Waals surface area (Å²) >= 11 is 18.0. The van der Waals surface area contributed by atoms with E-state index in [0.29, 0.717) is 34.0 Å². The molecule has 0 unspecified atom stereocenters. The fourth-order valence-corrected chi connectivity index (χ4v) is 2.86. The van der Waals surface area contributed by atoms with Crippen LogP contribution in [0.5, 0.6) is 0 Å². The summed E-state index contributed by atoms with van der Waals surface area (Å²) in [5.74, 6) is 0.135. The Balaban J connectivity index is 1.59. The number of carbonyl (C=O) groups excluding carboxylic acids is 1. The number of aromatic nitrogens is 4. The van der Waals surface area contributed by atoms with Gasteiger partial charge in [0.2, 0.25) is 5.91 Å². The van der Waals surface area contributed by atoms with Crippen LogP contribution in [0.4, 0.5) is 5.82 Å². The van der Waals surface area contributed by atoms with Gasteiger partial charge in [-0.05, 0) is 24.6 Å². The lowest BCUT2D eigenvalue weighted by molar-refractivity contribution is -0.116. The van der Waals surface area contributed by atoms with Crippen molar-refractivity contribution in [2.45, 2.75) is 26.4 Å². The van der Waals surface area contributed by atoms with E-state index in [-0.39, 0.29) is 12.3 Å². The standard InChI is InChI=1S/C17H16Cl3N5O/c1-11-14(19)8-21-25(11)7-6-16(26)22-17-15(20)10-24(23-17)9-12-2-4-13(18)5-3-12/h2-5,8,10H,6-7,9H2,1H3,(H,22,23,26). The zero-order valence-electron chi connectivity index (χ0n) is 13.9. The maximum Gasteiger partial charge on any atom is 0.227 e. The largest absolute Gasteiger partial charge is 0.308 e. The molecule has 3 rings (SSSR count). The molecule has 2 aromatic heterocycles. The van der Waals surface area contributed by atoms with Crippen LogP contribution in [0.2, 0.25) is 15.1 Å². The SMILES string of the molecule is Cc1c(Cl)cnn1CCC(=O)Nc1nn(Cc2ccc(Cl)cc2)cc1Cl. The predicted octanol–water partition coefficient (Wildman–Crippen LogP) is 4.43. The number of benzene rings is 1. The van der Waals surface area contributed by atoms with Crippen molar-refractivity contribution in [1.82, 2.24) is 19.6 Å². The van der Waals surface area contributed by atoms with Crippen molar-refractivity contribution in [3.8, 4) is 0 Å². The number of nitrogens with one attached hydrogen (secondary N) is 1. The maximum absolute atomic E-state index is 12.2. The fourth-order valence-electron chi connectivity index (χ4n) is 2.39. The molecule has 0 radical (unpaired) electrons. The van der Waals surface area contributed by atoms with E-state index in [1.165, 1.54) is 0 Å². The highest BCUT2D eigenvalue weighted by molar-refractivity contribution is 6.33. The summed E-state index contributed by atoms with van der Waals surface area (Å²) in [6.45, 7) is 2.80. The van der Waals surface area contributed by atoms with Gasteiger partial charge in [-0.3, -0.25) is 14.2 Å². The van der Waals surface area contributed by atoms with E-state index in [9.17, 15) is 4.79 Å². The lowest BCUT2D eigenvalue weighted by atomic mass is 10.2. The van der Waals surface area contributed by atoms with Crippen molar-refractivity contribution < 1.29 is 4.79 Å². The molecular weight excluding hydrogens is 397 g/mol. The van der Waals surface area contributed by atoms with Crippen molar-refractivity contribution >= 4 is 46.5 Å². The fraction of sp³-hybridized carbons (Fsp3) is 0.235. The van der Waals surface area contributed by atoms with Crippen LogP contribution in [0.25, 0.3) is 0 Å². The summed E-state index contributed by atoms with van der Waals surface area (Å²) in [7, 11) is 0. The molecule has 0 aliphatic rings. The minimum absolute atomic E-state index is 0.199. The molecular formula is C17H16Cl3N5O. The molecule has 0 aliphatic heterocycles. The lowest BCUT2D eigenvalue weighted by Gasteiger charge is -2.05. The van der Waals surface area contributed by atoms with Gasteiger partial charge >= 0.3 is 0 Å². The van der Waals surface area contributed by atoms with Gasteiger partial charge < -0.3 is 5.32 Å². The van der Waals surface area contributed by atoms with Gasteiger partial charge in [0, 0.05) is 17.6 Å². The van der Waals surface area contributed by atoms with Gasteiger partial charge in [-0.2, -0.15) is 10.2 Å². The third-order valence-electron chi connectivity index (χ3n) is 3.83. The number of aryl methyl sites for hydroxylation is 1.